The average molecular weight is 255 g/mol. The SMILES string of the molecule is Cc1cn(C2CC(O)C(C(N)=O)O2)c(=O)[nH]c1=O. The van der Waals surface area contributed by atoms with Gasteiger partial charge in [0.25, 0.3) is 5.56 Å². The fraction of sp³-hybridized carbons (Fsp3) is 0.500. The minimum absolute atomic E-state index is 0.0546. The number of aromatic amines is 1. The van der Waals surface area contributed by atoms with Crippen LogP contribution in [0.1, 0.15) is 18.2 Å². The van der Waals surface area contributed by atoms with E-state index in [2.05, 4.69) is 4.98 Å². The number of nitrogens with one attached hydrogen (secondary N) is 1. The molecule has 18 heavy (non-hydrogen) atoms. The predicted molar refractivity (Wildman–Crippen MR) is 59.8 cm³/mol. The van der Waals surface area contributed by atoms with Crippen LogP contribution < -0.4 is 17.0 Å². The summed E-state index contributed by atoms with van der Waals surface area (Å²) in [5.74, 6) is -0.792. The number of aromatic nitrogens is 2. The van der Waals surface area contributed by atoms with Crippen molar-refractivity contribution in [2.45, 2.75) is 31.8 Å². The van der Waals surface area contributed by atoms with Gasteiger partial charge in [-0.25, -0.2) is 4.79 Å². The molecule has 1 aromatic rings. The number of carbonyl (C=O) groups is 1. The number of hydrogen-bond acceptors (Lipinski definition) is 5. The van der Waals surface area contributed by atoms with Crippen LogP contribution in [0, 0.1) is 6.92 Å². The summed E-state index contributed by atoms with van der Waals surface area (Å²) in [4.78, 5) is 35.9. The lowest BCUT2D eigenvalue weighted by atomic mass is 10.2. The molecular formula is C10H13N3O5. The molecule has 3 atom stereocenters. The molecule has 0 aliphatic carbocycles. The van der Waals surface area contributed by atoms with Gasteiger partial charge in [-0.1, -0.05) is 0 Å². The molecule has 0 saturated carbocycles. The van der Waals surface area contributed by atoms with Gasteiger partial charge >= 0.3 is 5.69 Å². The summed E-state index contributed by atoms with van der Waals surface area (Å²) in [5, 5.41) is 9.59. The van der Waals surface area contributed by atoms with Crippen LogP contribution in [-0.2, 0) is 9.53 Å². The zero-order chi connectivity index (χ0) is 13.4. The number of ether oxygens (including phenoxy) is 1. The van der Waals surface area contributed by atoms with Gasteiger partial charge in [0, 0.05) is 18.2 Å². The molecule has 0 spiro atoms. The Bertz CT molecular complexity index is 590. The number of primary amides is 1. The zero-order valence-corrected chi connectivity index (χ0v) is 9.62. The first-order valence-electron chi connectivity index (χ1n) is 5.35. The Kier molecular flexibility index (Phi) is 3.05. The highest BCUT2D eigenvalue weighted by Gasteiger charge is 2.38. The standard InChI is InChI=1S/C10H13N3O5/c1-4-3-13(10(17)12-9(4)16)6-2-5(14)7(18-6)8(11)15/h3,5-7,14H,2H2,1H3,(H2,11,15)(H,12,16,17). The van der Waals surface area contributed by atoms with Gasteiger partial charge < -0.3 is 15.6 Å². The van der Waals surface area contributed by atoms with Crippen LogP contribution in [0.4, 0.5) is 0 Å². The van der Waals surface area contributed by atoms with Crippen LogP contribution in [0.5, 0.6) is 0 Å². The van der Waals surface area contributed by atoms with E-state index in [0.717, 1.165) is 4.57 Å². The van der Waals surface area contributed by atoms with Crippen LogP contribution in [0.2, 0.25) is 0 Å². The summed E-state index contributed by atoms with van der Waals surface area (Å²) < 4.78 is 6.34. The second-order valence-electron chi connectivity index (χ2n) is 4.20. The second kappa shape index (κ2) is 4.39. The van der Waals surface area contributed by atoms with Crippen molar-refractivity contribution in [2.24, 2.45) is 5.73 Å². The average Bonchev–Trinajstić information content (AvgIpc) is 2.65. The third-order valence-electron chi connectivity index (χ3n) is 2.83. The van der Waals surface area contributed by atoms with E-state index in [4.69, 9.17) is 10.5 Å². The van der Waals surface area contributed by atoms with E-state index < -0.39 is 35.6 Å². The summed E-state index contributed by atoms with van der Waals surface area (Å²) in [6, 6.07) is 0. The van der Waals surface area contributed by atoms with Crippen molar-refractivity contribution in [3.05, 3.63) is 32.6 Å². The Morgan fingerprint density at radius 3 is 2.83 bits per heavy atom. The smallest absolute Gasteiger partial charge is 0.330 e. The molecule has 3 unspecified atom stereocenters. The molecule has 0 radical (unpaired) electrons. The Balaban J connectivity index is 2.35. The van der Waals surface area contributed by atoms with Crippen LogP contribution >= 0.6 is 0 Å². The summed E-state index contributed by atoms with van der Waals surface area (Å²) in [5.41, 5.74) is 4.24. The lowest BCUT2D eigenvalue weighted by molar-refractivity contribution is -0.134. The minimum Gasteiger partial charge on any atom is -0.390 e. The molecule has 1 saturated heterocycles. The molecule has 1 amide bonds. The number of nitrogens with zero attached hydrogens (tertiary/aromatic N) is 1. The monoisotopic (exact) mass is 255 g/mol. The lowest BCUT2D eigenvalue weighted by Crippen LogP contribution is -2.36. The summed E-state index contributed by atoms with van der Waals surface area (Å²) in [6.07, 6.45) is -1.65. The van der Waals surface area contributed by atoms with Crippen molar-refractivity contribution in [1.29, 1.82) is 0 Å². The Hall–Kier alpha value is -1.93. The number of rotatable bonds is 2. The van der Waals surface area contributed by atoms with Crippen molar-refractivity contribution in [3.63, 3.8) is 0 Å². The topological polar surface area (TPSA) is 127 Å². The number of aliphatic hydroxyl groups excluding tert-OH is 1. The molecule has 8 nitrogen and oxygen atoms in total. The van der Waals surface area contributed by atoms with E-state index >= 15 is 0 Å². The lowest BCUT2D eigenvalue weighted by Gasteiger charge is -2.14. The molecule has 1 fully saturated rings. The van der Waals surface area contributed by atoms with Crippen LogP contribution in [-0.4, -0.2) is 32.8 Å². The molecule has 4 N–H and O–H groups in total. The van der Waals surface area contributed by atoms with E-state index in [9.17, 15) is 19.5 Å². The van der Waals surface area contributed by atoms with Gasteiger partial charge in [0.2, 0.25) is 5.91 Å². The zero-order valence-electron chi connectivity index (χ0n) is 9.62. The van der Waals surface area contributed by atoms with Crippen molar-refractivity contribution in [3.8, 4) is 0 Å². The number of carbonyl (C=O) groups excluding carboxylic acids is 1. The van der Waals surface area contributed by atoms with E-state index in [1.807, 2.05) is 0 Å². The summed E-state index contributed by atoms with van der Waals surface area (Å²) >= 11 is 0. The summed E-state index contributed by atoms with van der Waals surface area (Å²) in [7, 11) is 0. The van der Waals surface area contributed by atoms with Gasteiger partial charge in [0.1, 0.15) is 6.23 Å². The van der Waals surface area contributed by atoms with E-state index in [0.29, 0.717) is 5.56 Å². The largest absolute Gasteiger partial charge is 0.390 e. The van der Waals surface area contributed by atoms with E-state index in [1.54, 1.807) is 0 Å². The van der Waals surface area contributed by atoms with Gasteiger partial charge in [0.05, 0.1) is 6.10 Å². The first-order valence-corrected chi connectivity index (χ1v) is 5.35. The number of hydrogen-bond donors (Lipinski definition) is 3. The fourth-order valence-corrected chi connectivity index (χ4v) is 1.88. The van der Waals surface area contributed by atoms with Crippen molar-refractivity contribution >= 4 is 5.91 Å². The van der Waals surface area contributed by atoms with Crippen LogP contribution in [0.3, 0.4) is 0 Å². The third kappa shape index (κ3) is 2.07. The first kappa shape index (κ1) is 12.5. The van der Waals surface area contributed by atoms with Gasteiger partial charge in [-0.05, 0) is 6.92 Å². The molecule has 2 rings (SSSR count). The maximum atomic E-state index is 11.6. The van der Waals surface area contributed by atoms with Gasteiger partial charge in [-0.15, -0.1) is 0 Å². The Morgan fingerprint density at radius 2 is 2.28 bits per heavy atom. The van der Waals surface area contributed by atoms with Crippen LogP contribution in [0.25, 0.3) is 0 Å². The van der Waals surface area contributed by atoms with Gasteiger partial charge in [0.15, 0.2) is 6.10 Å². The highest BCUT2D eigenvalue weighted by molar-refractivity contribution is 5.79. The minimum atomic E-state index is -1.14. The van der Waals surface area contributed by atoms with Crippen molar-refractivity contribution in [1.82, 2.24) is 9.55 Å². The Morgan fingerprint density at radius 1 is 1.61 bits per heavy atom. The summed E-state index contributed by atoms with van der Waals surface area (Å²) in [6.45, 7) is 1.53. The molecular weight excluding hydrogens is 242 g/mol. The van der Waals surface area contributed by atoms with Crippen molar-refractivity contribution < 1.29 is 14.6 Å². The highest BCUT2D eigenvalue weighted by atomic mass is 16.5. The predicted octanol–water partition coefficient (Wildman–Crippen LogP) is -2.02. The maximum absolute atomic E-state index is 11.6. The number of H-pyrrole nitrogens is 1. The van der Waals surface area contributed by atoms with E-state index in [1.165, 1.54) is 13.1 Å². The van der Waals surface area contributed by atoms with Crippen LogP contribution in [0.15, 0.2) is 15.8 Å². The van der Waals surface area contributed by atoms with E-state index in [-0.39, 0.29) is 6.42 Å². The fourth-order valence-electron chi connectivity index (χ4n) is 1.88. The number of aliphatic hydroxyl groups is 1. The second-order valence-corrected chi connectivity index (χ2v) is 4.20. The van der Waals surface area contributed by atoms with Gasteiger partial charge in [-0.2, -0.15) is 0 Å². The molecule has 0 aromatic carbocycles. The molecule has 1 aliphatic heterocycles. The molecule has 98 valence electrons. The molecule has 2 heterocycles. The number of amides is 1. The quantitative estimate of drug-likeness (QED) is 0.562. The van der Waals surface area contributed by atoms with Gasteiger partial charge in [-0.3, -0.25) is 19.1 Å². The molecule has 1 aromatic heterocycles. The third-order valence-corrected chi connectivity index (χ3v) is 2.83. The van der Waals surface area contributed by atoms with Crippen molar-refractivity contribution in [2.75, 3.05) is 0 Å². The molecule has 0 bridgehead atoms. The normalized spacial score (nSPS) is 27.3. The molecule has 8 heteroatoms. The highest BCUT2D eigenvalue weighted by Crippen LogP contribution is 2.27. The maximum Gasteiger partial charge on any atom is 0.330 e. The first-order chi connectivity index (χ1) is 8.40. The Labute approximate surface area is 101 Å². The number of aryl methyl sites for hydroxylation is 1. The molecule has 1 aliphatic rings. The number of nitrogens with two attached hydrogens (primary N) is 1.